The Bertz CT molecular complexity index is 928. The molecule has 142 valence electrons. The third-order valence-corrected chi connectivity index (χ3v) is 4.14. The van der Waals surface area contributed by atoms with Crippen LogP contribution in [0, 0.1) is 19.8 Å². The van der Waals surface area contributed by atoms with Crippen molar-refractivity contribution in [2.75, 3.05) is 0 Å². The first-order valence-corrected chi connectivity index (χ1v) is 8.71. The molecule has 0 saturated heterocycles. The van der Waals surface area contributed by atoms with Gasteiger partial charge in [-0.25, -0.2) is 9.67 Å². The topological polar surface area (TPSA) is 125 Å². The van der Waals surface area contributed by atoms with E-state index in [1.165, 1.54) is 0 Å². The van der Waals surface area contributed by atoms with Gasteiger partial charge in [-0.05, 0) is 38.0 Å². The van der Waals surface area contributed by atoms with Crippen LogP contribution in [0.5, 0.6) is 0 Å². The summed E-state index contributed by atoms with van der Waals surface area (Å²) in [6.45, 7) is 7.81. The average molecular weight is 369 g/mol. The second-order valence-corrected chi connectivity index (χ2v) is 6.74. The maximum Gasteiger partial charge on any atom is 0.246 e. The zero-order valence-corrected chi connectivity index (χ0v) is 15.8. The molecule has 27 heavy (non-hydrogen) atoms. The summed E-state index contributed by atoms with van der Waals surface area (Å²) in [6.07, 6.45) is 1.66. The monoisotopic (exact) mass is 369 g/mol. The lowest BCUT2D eigenvalue weighted by molar-refractivity contribution is -0.123. The number of amides is 1. The van der Waals surface area contributed by atoms with Gasteiger partial charge < -0.3 is 15.6 Å². The number of pyridine rings is 1. The lowest BCUT2D eigenvalue weighted by Gasteiger charge is -2.14. The Morgan fingerprint density at radius 2 is 2.11 bits per heavy atom. The summed E-state index contributed by atoms with van der Waals surface area (Å²) in [7, 11) is 0. The van der Waals surface area contributed by atoms with Crippen LogP contribution in [0.4, 0.5) is 0 Å². The van der Waals surface area contributed by atoms with Crippen molar-refractivity contribution >= 4 is 5.91 Å². The average Bonchev–Trinajstić information content (AvgIpc) is 3.25. The van der Waals surface area contributed by atoms with Crippen LogP contribution in [0.25, 0.3) is 17.2 Å². The summed E-state index contributed by atoms with van der Waals surface area (Å²) >= 11 is 0. The molecule has 3 heterocycles. The van der Waals surface area contributed by atoms with Crippen molar-refractivity contribution in [2.45, 2.75) is 40.3 Å². The summed E-state index contributed by atoms with van der Waals surface area (Å²) in [4.78, 5) is 20.6. The number of rotatable bonds is 6. The highest BCUT2D eigenvalue weighted by atomic mass is 16.5. The van der Waals surface area contributed by atoms with Gasteiger partial charge in [-0.2, -0.15) is 10.1 Å². The fourth-order valence-electron chi connectivity index (χ4n) is 2.53. The van der Waals surface area contributed by atoms with E-state index in [4.69, 9.17) is 10.3 Å². The van der Waals surface area contributed by atoms with Crippen molar-refractivity contribution in [3.63, 3.8) is 0 Å². The van der Waals surface area contributed by atoms with E-state index in [1.807, 2.05) is 45.9 Å². The van der Waals surface area contributed by atoms with Crippen LogP contribution in [0.3, 0.4) is 0 Å². The van der Waals surface area contributed by atoms with Crippen LogP contribution in [0.1, 0.15) is 31.1 Å². The molecule has 0 aliphatic heterocycles. The molecule has 3 rings (SSSR count). The molecule has 3 aromatic rings. The van der Waals surface area contributed by atoms with Gasteiger partial charge in [-0.15, -0.1) is 0 Å². The van der Waals surface area contributed by atoms with Crippen molar-refractivity contribution in [3.05, 3.63) is 41.7 Å². The highest BCUT2D eigenvalue weighted by molar-refractivity contribution is 5.81. The number of aromatic nitrogens is 5. The summed E-state index contributed by atoms with van der Waals surface area (Å²) in [5, 5.41) is 11.0. The fraction of sp³-hybridized carbons (Fsp3) is 0.389. The van der Waals surface area contributed by atoms with Gasteiger partial charge in [0, 0.05) is 17.5 Å². The maximum absolute atomic E-state index is 11.9. The number of carbonyl (C=O) groups is 1. The molecule has 9 heteroatoms. The van der Waals surface area contributed by atoms with Crippen molar-refractivity contribution in [1.82, 2.24) is 30.2 Å². The highest BCUT2D eigenvalue weighted by Crippen LogP contribution is 2.17. The predicted molar refractivity (Wildman–Crippen MR) is 98.8 cm³/mol. The molecule has 0 aliphatic carbocycles. The van der Waals surface area contributed by atoms with E-state index in [0.29, 0.717) is 23.1 Å². The van der Waals surface area contributed by atoms with Crippen LogP contribution >= 0.6 is 0 Å². The minimum atomic E-state index is -0.571. The molecular formula is C18H23N7O2. The summed E-state index contributed by atoms with van der Waals surface area (Å²) in [5.74, 6) is 1.22. The van der Waals surface area contributed by atoms with Crippen molar-refractivity contribution in [2.24, 2.45) is 11.7 Å². The quantitative estimate of drug-likeness (QED) is 0.675. The first-order chi connectivity index (χ1) is 12.8. The SMILES string of the molecule is Cc1cc(C)n(-c2ccc(-c3noc(CNC(=O)[C@@H](N)C(C)C)n3)cn2)n1. The summed E-state index contributed by atoms with van der Waals surface area (Å²) in [5.41, 5.74) is 8.44. The number of nitrogens with one attached hydrogen (secondary N) is 1. The number of hydrogen-bond acceptors (Lipinski definition) is 7. The molecule has 0 fully saturated rings. The maximum atomic E-state index is 11.9. The van der Waals surface area contributed by atoms with Crippen LogP contribution in [-0.4, -0.2) is 36.9 Å². The molecule has 3 aromatic heterocycles. The van der Waals surface area contributed by atoms with Crippen LogP contribution in [0.2, 0.25) is 0 Å². The summed E-state index contributed by atoms with van der Waals surface area (Å²) in [6, 6.07) is 5.11. The van der Waals surface area contributed by atoms with Crippen LogP contribution in [0.15, 0.2) is 28.9 Å². The van der Waals surface area contributed by atoms with Crippen LogP contribution in [-0.2, 0) is 11.3 Å². The van der Waals surface area contributed by atoms with E-state index in [-0.39, 0.29) is 18.4 Å². The van der Waals surface area contributed by atoms with Gasteiger partial charge in [0.1, 0.15) is 0 Å². The second kappa shape index (κ2) is 7.67. The molecule has 1 atom stereocenters. The van der Waals surface area contributed by atoms with Gasteiger partial charge in [0.05, 0.1) is 18.3 Å². The van der Waals surface area contributed by atoms with E-state index in [0.717, 1.165) is 11.4 Å². The lowest BCUT2D eigenvalue weighted by atomic mass is 10.1. The number of aryl methyl sites for hydroxylation is 2. The second-order valence-electron chi connectivity index (χ2n) is 6.74. The largest absolute Gasteiger partial charge is 0.346 e. The number of nitrogens with zero attached hydrogens (tertiary/aromatic N) is 5. The first-order valence-electron chi connectivity index (χ1n) is 8.71. The standard InChI is InChI=1S/C18H23N7O2/c1-10(2)16(19)18(26)21-9-15-22-17(24-27-15)13-5-6-14(20-8-13)25-12(4)7-11(3)23-25/h5-8,10,16H,9,19H2,1-4H3,(H,21,26)/t16-/m0/s1. The Labute approximate surface area is 157 Å². The smallest absolute Gasteiger partial charge is 0.246 e. The van der Waals surface area contributed by atoms with E-state index >= 15 is 0 Å². The molecule has 3 N–H and O–H groups in total. The van der Waals surface area contributed by atoms with E-state index in [1.54, 1.807) is 10.9 Å². The molecule has 0 bridgehead atoms. The fourth-order valence-corrected chi connectivity index (χ4v) is 2.53. The van der Waals surface area contributed by atoms with E-state index < -0.39 is 6.04 Å². The van der Waals surface area contributed by atoms with Crippen molar-refractivity contribution in [3.8, 4) is 17.2 Å². The molecule has 9 nitrogen and oxygen atoms in total. The third kappa shape index (κ3) is 4.20. The molecule has 1 amide bonds. The molecular weight excluding hydrogens is 346 g/mol. The Morgan fingerprint density at radius 3 is 2.70 bits per heavy atom. The molecule has 0 aromatic carbocycles. The van der Waals surface area contributed by atoms with Crippen molar-refractivity contribution < 1.29 is 9.32 Å². The third-order valence-electron chi connectivity index (χ3n) is 4.14. The van der Waals surface area contributed by atoms with Crippen molar-refractivity contribution in [1.29, 1.82) is 0 Å². The molecule has 0 saturated carbocycles. The minimum absolute atomic E-state index is 0.0510. The Balaban J connectivity index is 1.68. The normalized spacial score (nSPS) is 12.4. The zero-order valence-electron chi connectivity index (χ0n) is 15.8. The van der Waals surface area contributed by atoms with E-state index in [9.17, 15) is 4.79 Å². The molecule has 0 radical (unpaired) electrons. The molecule has 0 aliphatic rings. The predicted octanol–water partition coefficient (Wildman–Crippen LogP) is 1.53. The van der Waals surface area contributed by atoms with Gasteiger partial charge >= 0.3 is 0 Å². The van der Waals surface area contributed by atoms with Gasteiger partial charge in [0.15, 0.2) is 5.82 Å². The highest BCUT2D eigenvalue weighted by Gasteiger charge is 2.18. The summed E-state index contributed by atoms with van der Waals surface area (Å²) < 4.78 is 6.96. The molecule has 0 spiro atoms. The zero-order chi connectivity index (χ0) is 19.6. The van der Waals surface area contributed by atoms with Crippen LogP contribution < -0.4 is 11.1 Å². The van der Waals surface area contributed by atoms with Gasteiger partial charge in [0.2, 0.25) is 17.6 Å². The molecule has 0 unspecified atom stereocenters. The Kier molecular flexibility index (Phi) is 5.31. The first kappa shape index (κ1) is 18.7. The minimum Gasteiger partial charge on any atom is -0.346 e. The van der Waals surface area contributed by atoms with Gasteiger partial charge in [-0.1, -0.05) is 19.0 Å². The number of nitrogens with two attached hydrogens (primary N) is 1. The Hall–Kier alpha value is -3.07. The Morgan fingerprint density at radius 1 is 1.33 bits per heavy atom. The number of carbonyl (C=O) groups excluding carboxylic acids is 1. The van der Waals surface area contributed by atoms with Gasteiger partial charge in [0.25, 0.3) is 0 Å². The number of hydrogen-bond donors (Lipinski definition) is 2. The van der Waals surface area contributed by atoms with E-state index in [2.05, 4.69) is 25.5 Å². The lowest BCUT2D eigenvalue weighted by Crippen LogP contribution is -2.43. The van der Waals surface area contributed by atoms with Gasteiger partial charge in [-0.3, -0.25) is 4.79 Å².